The van der Waals surface area contributed by atoms with Crippen LogP contribution in [0.25, 0.3) is 0 Å². The molecule has 0 fully saturated rings. The summed E-state index contributed by atoms with van der Waals surface area (Å²) < 4.78 is 1.04. The summed E-state index contributed by atoms with van der Waals surface area (Å²) >= 11 is 0. The molecule has 1 aromatic rings. The molecule has 6 nitrogen and oxygen atoms in total. The number of carbonyl (C=O) groups excluding carboxylic acids is 2. The fraction of sp³-hybridized carbons (Fsp3) is 0.111. The molecule has 15 heavy (non-hydrogen) atoms. The summed E-state index contributed by atoms with van der Waals surface area (Å²) in [6.45, 7) is -0.199. The van der Waals surface area contributed by atoms with E-state index in [-0.39, 0.29) is 18.4 Å². The lowest BCUT2D eigenvalue weighted by atomic mass is 10.6. The Bertz CT molecular complexity index is 423. The second-order valence-corrected chi connectivity index (χ2v) is 3.06. The highest BCUT2D eigenvalue weighted by Crippen LogP contribution is 2.22. The van der Waals surface area contributed by atoms with Gasteiger partial charge in [-0.15, -0.1) is 0 Å². The van der Waals surface area contributed by atoms with Crippen LogP contribution in [0.15, 0.2) is 24.3 Å². The fourth-order valence-electron chi connectivity index (χ4n) is 1.30. The van der Waals surface area contributed by atoms with Gasteiger partial charge in [0.25, 0.3) is 11.8 Å². The Hall–Kier alpha value is -2.24. The molecule has 0 aromatic carbocycles. The molecule has 1 aliphatic rings. The summed E-state index contributed by atoms with van der Waals surface area (Å²) in [6, 6.07) is 2.54. The summed E-state index contributed by atoms with van der Waals surface area (Å²) in [5.74, 6) is -1.35. The van der Waals surface area contributed by atoms with E-state index in [2.05, 4.69) is 0 Å². The third-order valence-corrected chi connectivity index (χ3v) is 2.12. The lowest BCUT2D eigenvalue weighted by molar-refractivity contribution is -0.138. The molecule has 0 saturated carbocycles. The van der Waals surface area contributed by atoms with Crippen molar-refractivity contribution in [3.8, 4) is 11.8 Å². The largest absolute Gasteiger partial charge is 0.494 e. The molecule has 0 aliphatic carbocycles. The molecule has 0 saturated heterocycles. The third kappa shape index (κ3) is 1.45. The quantitative estimate of drug-likeness (QED) is 0.658. The average molecular weight is 208 g/mol. The first kappa shape index (κ1) is 9.32. The Kier molecular flexibility index (Phi) is 1.96. The highest BCUT2D eigenvalue weighted by molar-refractivity contribution is 6.12. The van der Waals surface area contributed by atoms with Gasteiger partial charge < -0.3 is 10.2 Å². The van der Waals surface area contributed by atoms with E-state index < -0.39 is 11.8 Å². The van der Waals surface area contributed by atoms with Crippen molar-refractivity contribution in [3.05, 3.63) is 24.3 Å². The fourth-order valence-corrected chi connectivity index (χ4v) is 1.30. The first-order chi connectivity index (χ1) is 7.09. The number of nitrogens with zero attached hydrogens (tertiary/aromatic N) is 2. The molecule has 2 amide bonds. The van der Waals surface area contributed by atoms with Crippen molar-refractivity contribution in [2.45, 2.75) is 6.67 Å². The van der Waals surface area contributed by atoms with Gasteiger partial charge in [-0.25, -0.2) is 0 Å². The zero-order valence-corrected chi connectivity index (χ0v) is 7.62. The van der Waals surface area contributed by atoms with Crippen molar-refractivity contribution < 1.29 is 19.8 Å². The van der Waals surface area contributed by atoms with Crippen LogP contribution in [0.5, 0.6) is 11.8 Å². The SMILES string of the molecule is O=C1C=CC(=O)N1Cn1c(O)ccc1O. The molecule has 2 N–H and O–H groups in total. The maximum absolute atomic E-state index is 11.2. The van der Waals surface area contributed by atoms with Crippen molar-refractivity contribution in [3.63, 3.8) is 0 Å². The Morgan fingerprint density at radius 3 is 1.93 bits per heavy atom. The first-order valence-electron chi connectivity index (χ1n) is 4.20. The number of amides is 2. The minimum Gasteiger partial charge on any atom is -0.494 e. The number of imide groups is 1. The molecule has 0 spiro atoms. The number of aromatic nitrogens is 1. The van der Waals surface area contributed by atoms with E-state index in [1.165, 1.54) is 12.1 Å². The van der Waals surface area contributed by atoms with Crippen LogP contribution >= 0.6 is 0 Å². The highest BCUT2D eigenvalue weighted by Gasteiger charge is 2.24. The van der Waals surface area contributed by atoms with Crippen LogP contribution < -0.4 is 0 Å². The van der Waals surface area contributed by atoms with Gasteiger partial charge in [-0.05, 0) is 0 Å². The van der Waals surface area contributed by atoms with Crippen molar-refractivity contribution in [2.75, 3.05) is 0 Å². The van der Waals surface area contributed by atoms with Gasteiger partial charge in [-0.3, -0.25) is 19.1 Å². The van der Waals surface area contributed by atoms with Crippen LogP contribution in [0.1, 0.15) is 0 Å². The van der Waals surface area contributed by atoms with E-state index in [1.54, 1.807) is 0 Å². The van der Waals surface area contributed by atoms with Gasteiger partial charge >= 0.3 is 0 Å². The molecule has 78 valence electrons. The molecule has 2 heterocycles. The van der Waals surface area contributed by atoms with Crippen LogP contribution in [0, 0.1) is 0 Å². The number of carbonyl (C=O) groups is 2. The summed E-state index contributed by atoms with van der Waals surface area (Å²) in [6.07, 6.45) is 2.28. The van der Waals surface area contributed by atoms with Crippen LogP contribution in [0.4, 0.5) is 0 Å². The maximum atomic E-state index is 11.2. The molecular weight excluding hydrogens is 200 g/mol. The molecular formula is C9H8N2O4. The van der Waals surface area contributed by atoms with Crippen molar-refractivity contribution in [2.24, 2.45) is 0 Å². The zero-order chi connectivity index (χ0) is 11.0. The molecule has 0 radical (unpaired) electrons. The second-order valence-electron chi connectivity index (χ2n) is 3.06. The van der Waals surface area contributed by atoms with Gasteiger partial charge in [0, 0.05) is 24.3 Å². The van der Waals surface area contributed by atoms with Gasteiger partial charge in [-0.1, -0.05) is 0 Å². The lowest BCUT2D eigenvalue weighted by Gasteiger charge is -2.15. The molecule has 0 atom stereocenters. The summed E-state index contributed by atoms with van der Waals surface area (Å²) in [5.41, 5.74) is 0. The summed E-state index contributed by atoms with van der Waals surface area (Å²) in [5, 5.41) is 18.6. The second kappa shape index (κ2) is 3.16. The molecule has 1 aromatic heterocycles. The Morgan fingerprint density at radius 2 is 1.47 bits per heavy atom. The van der Waals surface area contributed by atoms with Gasteiger partial charge in [0.05, 0.1) is 0 Å². The van der Waals surface area contributed by atoms with Crippen LogP contribution in [0.3, 0.4) is 0 Å². The smallest absolute Gasteiger partial charge is 0.255 e. The van der Waals surface area contributed by atoms with Crippen molar-refractivity contribution in [1.29, 1.82) is 0 Å². The standard InChI is InChI=1S/C9H8N2O4/c12-6-1-2-7(13)10(6)5-11-8(14)3-4-9(11)15/h1-4,12-13H,5H2. The monoisotopic (exact) mass is 208 g/mol. The normalized spacial score (nSPS) is 15.3. The van der Waals surface area contributed by atoms with Crippen LogP contribution in [0.2, 0.25) is 0 Å². The molecule has 0 unspecified atom stereocenters. The zero-order valence-electron chi connectivity index (χ0n) is 7.62. The van der Waals surface area contributed by atoms with Crippen LogP contribution in [-0.4, -0.2) is 31.5 Å². The van der Waals surface area contributed by atoms with Gasteiger partial charge in [0.1, 0.15) is 6.67 Å². The Labute approximate surface area is 84.7 Å². The number of aromatic hydroxyl groups is 2. The number of hydrogen-bond acceptors (Lipinski definition) is 4. The van der Waals surface area contributed by atoms with E-state index in [0.29, 0.717) is 0 Å². The van der Waals surface area contributed by atoms with Gasteiger partial charge in [0.2, 0.25) is 0 Å². The third-order valence-electron chi connectivity index (χ3n) is 2.12. The predicted molar refractivity (Wildman–Crippen MR) is 48.8 cm³/mol. The maximum Gasteiger partial charge on any atom is 0.255 e. The Morgan fingerprint density at radius 1 is 1.00 bits per heavy atom. The number of hydrogen-bond donors (Lipinski definition) is 2. The van der Waals surface area contributed by atoms with E-state index in [0.717, 1.165) is 21.6 Å². The number of rotatable bonds is 2. The first-order valence-corrected chi connectivity index (χ1v) is 4.20. The summed E-state index contributed by atoms with van der Waals surface area (Å²) in [7, 11) is 0. The van der Waals surface area contributed by atoms with E-state index in [1.807, 2.05) is 0 Å². The highest BCUT2D eigenvalue weighted by atomic mass is 16.3. The topological polar surface area (TPSA) is 82.8 Å². The van der Waals surface area contributed by atoms with E-state index >= 15 is 0 Å². The minimum absolute atomic E-state index is 0.199. The van der Waals surface area contributed by atoms with Crippen molar-refractivity contribution >= 4 is 11.8 Å². The van der Waals surface area contributed by atoms with Gasteiger partial charge in [0.15, 0.2) is 11.8 Å². The molecule has 2 rings (SSSR count). The van der Waals surface area contributed by atoms with Gasteiger partial charge in [-0.2, -0.15) is 0 Å². The molecule has 6 heteroatoms. The Balaban J connectivity index is 2.23. The average Bonchev–Trinajstić information content (AvgIpc) is 2.67. The molecule has 0 bridgehead atoms. The minimum atomic E-state index is -0.465. The van der Waals surface area contributed by atoms with Crippen molar-refractivity contribution in [1.82, 2.24) is 9.47 Å². The summed E-state index contributed by atoms with van der Waals surface area (Å²) in [4.78, 5) is 23.3. The van der Waals surface area contributed by atoms with Crippen LogP contribution in [-0.2, 0) is 16.3 Å². The lowest BCUT2D eigenvalue weighted by Crippen LogP contribution is -2.31. The predicted octanol–water partition coefficient (Wildman–Crippen LogP) is -0.218. The van der Waals surface area contributed by atoms with E-state index in [9.17, 15) is 19.8 Å². The van der Waals surface area contributed by atoms with E-state index in [4.69, 9.17) is 0 Å². The molecule has 1 aliphatic heterocycles.